The molecule has 2 aromatic carbocycles. The van der Waals surface area contributed by atoms with Gasteiger partial charge in [-0.2, -0.15) is 18.3 Å². The van der Waals surface area contributed by atoms with Crippen LogP contribution >= 0.6 is 0 Å². The number of fused-ring (bicyclic) bond motifs is 1. The smallest absolute Gasteiger partial charge is 0.352 e. The number of rotatable bonds is 6. The third-order valence-electron chi connectivity index (χ3n) is 5.02. The molecule has 4 rings (SSSR count). The number of nitrogens with zero attached hydrogens (tertiary/aromatic N) is 4. The number of amides is 1. The summed E-state index contributed by atoms with van der Waals surface area (Å²) in [5, 5.41) is 6.38. The molecule has 0 aliphatic heterocycles. The van der Waals surface area contributed by atoms with E-state index in [2.05, 4.69) is 20.0 Å². The number of aryl methyl sites for hydroxylation is 2. The molecule has 0 atom stereocenters. The average Bonchev–Trinajstić information content (AvgIpc) is 3.37. The van der Waals surface area contributed by atoms with Crippen LogP contribution in [0.4, 0.5) is 13.2 Å². The summed E-state index contributed by atoms with van der Waals surface area (Å²) in [6, 6.07) is 15.1. The van der Waals surface area contributed by atoms with Crippen molar-refractivity contribution in [3.8, 4) is 5.69 Å². The van der Waals surface area contributed by atoms with Crippen molar-refractivity contribution in [2.75, 3.05) is 6.54 Å². The van der Waals surface area contributed by atoms with Crippen molar-refractivity contribution < 1.29 is 18.0 Å². The van der Waals surface area contributed by atoms with Crippen LogP contribution in [0.2, 0.25) is 0 Å². The normalized spacial score (nSPS) is 11.7. The number of benzene rings is 2. The minimum absolute atomic E-state index is 0.243. The number of hydrogen-bond acceptors (Lipinski definition) is 3. The number of carbonyl (C=O) groups is 1. The van der Waals surface area contributed by atoms with Crippen molar-refractivity contribution in [3.63, 3.8) is 0 Å². The van der Waals surface area contributed by atoms with Crippen molar-refractivity contribution in [1.29, 1.82) is 0 Å². The molecule has 0 aliphatic carbocycles. The van der Waals surface area contributed by atoms with Gasteiger partial charge in [-0.1, -0.05) is 12.1 Å². The molecule has 0 unspecified atom stereocenters. The molecule has 160 valence electrons. The van der Waals surface area contributed by atoms with Crippen molar-refractivity contribution in [3.05, 3.63) is 77.9 Å². The third kappa shape index (κ3) is 4.45. The maximum atomic E-state index is 12.7. The van der Waals surface area contributed by atoms with Crippen LogP contribution < -0.4 is 5.32 Å². The number of carbonyl (C=O) groups excluding carboxylic acids is 1. The Morgan fingerprint density at radius 3 is 2.48 bits per heavy atom. The Balaban J connectivity index is 1.31. The van der Waals surface area contributed by atoms with E-state index in [0.29, 0.717) is 17.8 Å². The fraction of sp³-hybridized carbons (Fsp3) is 0.227. The second kappa shape index (κ2) is 8.25. The molecule has 0 spiro atoms. The maximum absolute atomic E-state index is 12.7. The third-order valence-corrected chi connectivity index (χ3v) is 5.02. The van der Waals surface area contributed by atoms with Crippen LogP contribution in [-0.2, 0) is 19.6 Å². The standard InChI is InChI=1S/C22H20F3N5O/c1-29-18-6-3-2-5-17(18)27-20(29)7-4-13-26-21(31)15-8-10-16(11-9-15)30-14-12-19(28-30)22(23,24)25/h2-3,5-6,8-12,14H,4,7,13H2,1H3,(H,26,31). The molecular formula is C22H20F3N5O. The van der Waals surface area contributed by atoms with Crippen LogP contribution in [0.3, 0.4) is 0 Å². The summed E-state index contributed by atoms with van der Waals surface area (Å²) >= 11 is 0. The molecular weight excluding hydrogens is 407 g/mol. The fourth-order valence-corrected chi connectivity index (χ4v) is 3.35. The molecule has 9 heteroatoms. The second-order valence-electron chi connectivity index (χ2n) is 7.13. The van der Waals surface area contributed by atoms with Gasteiger partial charge in [0.05, 0.1) is 16.7 Å². The first-order chi connectivity index (χ1) is 14.8. The lowest BCUT2D eigenvalue weighted by Crippen LogP contribution is -2.25. The van der Waals surface area contributed by atoms with E-state index in [1.807, 2.05) is 31.3 Å². The summed E-state index contributed by atoms with van der Waals surface area (Å²) in [7, 11) is 1.97. The lowest BCUT2D eigenvalue weighted by Gasteiger charge is -2.07. The molecule has 1 amide bonds. The Morgan fingerprint density at radius 1 is 1.06 bits per heavy atom. The molecule has 0 radical (unpaired) electrons. The second-order valence-corrected chi connectivity index (χ2v) is 7.13. The van der Waals surface area contributed by atoms with Gasteiger partial charge in [0.25, 0.3) is 5.91 Å². The van der Waals surface area contributed by atoms with E-state index in [-0.39, 0.29) is 5.91 Å². The molecule has 2 heterocycles. The summed E-state index contributed by atoms with van der Waals surface area (Å²) in [5.74, 6) is 0.713. The molecule has 4 aromatic rings. The van der Waals surface area contributed by atoms with E-state index in [1.54, 1.807) is 24.3 Å². The number of alkyl halides is 3. The number of para-hydroxylation sites is 2. The van der Waals surface area contributed by atoms with Crippen molar-refractivity contribution in [2.45, 2.75) is 19.0 Å². The zero-order chi connectivity index (χ0) is 22.0. The number of hydrogen-bond donors (Lipinski definition) is 1. The Kier molecular flexibility index (Phi) is 5.50. The summed E-state index contributed by atoms with van der Waals surface area (Å²) in [6.45, 7) is 0.484. The first-order valence-electron chi connectivity index (χ1n) is 9.75. The van der Waals surface area contributed by atoms with E-state index >= 15 is 0 Å². The van der Waals surface area contributed by atoms with Gasteiger partial charge in [0.15, 0.2) is 5.69 Å². The van der Waals surface area contributed by atoms with Crippen LogP contribution in [0, 0.1) is 0 Å². The summed E-state index contributed by atoms with van der Waals surface area (Å²) in [6.07, 6.45) is -1.80. The van der Waals surface area contributed by atoms with Gasteiger partial charge < -0.3 is 9.88 Å². The largest absolute Gasteiger partial charge is 0.435 e. The van der Waals surface area contributed by atoms with Gasteiger partial charge in [0.1, 0.15) is 5.82 Å². The highest BCUT2D eigenvalue weighted by Gasteiger charge is 2.33. The van der Waals surface area contributed by atoms with Crippen molar-refractivity contribution >= 4 is 16.9 Å². The average molecular weight is 427 g/mol. The van der Waals surface area contributed by atoms with E-state index < -0.39 is 11.9 Å². The summed E-state index contributed by atoms with van der Waals surface area (Å²) < 4.78 is 41.2. The van der Waals surface area contributed by atoms with Crippen LogP contribution in [0.1, 0.15) is 28.3 Å². The Hall–Kier alpha value is -3.62. The van der Waals surface area contributed by atoms with Gasteiger partial charge in [-0.3, -0.25) is 4.79 Å². The molecule has 0 bridgehead atoms. The molecule has 1 N–H and O–H groups in total. The van der Waals surface area contributed by atoms with Crippen LogP contribution in [0.25, 0.3) is 16.7 Å². The predicted octanol–water partition coefficient (Wildman–Crippen LogP) is 4.14. The molecule has 0 saturated heterocycles. The molecule has 6 nitrogen and oxygen atoms in total. The first-order valence-corrected chi connectivity index (χ1v) is 9.75. The molecule has 0 saturated carbocycles. The van der Waals surface area contributed by atoms with E-state index in [9.17, 15) is 18.0 Å². The van der Waals surface area contributed by atoms with Gasteiger partial charge in [-0.15, -0.1) is 0 Å². The minimum Gasteiger partial charge on any atom is -0.352 e. The topological polar surface area (TPSA) is 64.7 Å². The van der Waals surface area contributed by atoms with Crippen LogP contribution in [-0.4, -0.2) is 31.8 Å². The lowest BCUT2D eigenvalue weighted by molar-refractivity contribution is -0.141. The number of halogens is 3. The minimum atomic E-state index is -4.49. The Labute approximate surface area is 176 Å². The monoisotopic (exact) mass is 427 g/mol. The van der Waals surface area contributed by atoms with Gasteiger partial charge in [-0.05, 0) is 48.9 Å². The summed E-state index contributed by atoms with van der Waals surface area (Å²) in [4.78, 5) is 17.0. The SMILES string of the molecule is Cn1c(CCCNC(=O)c2ccc(-n3ccc(C(F)(F)F)n3)cc2)nc2ccccc21. The van der Waals surface area contributed by atoms with Gasteiger partial charge in [0, 0.05) is 31.8 Å². The van der Waals surface area contributed by atoms with Crippen molar-refractivity contribution in [2.24, 2.45) is 7.05 Å². The zero-order valence-electron chi connectivity index (χ0n) is 16.7. The fourth-order valence-electron chi connectivity index (χ4n) is 3.35. The van der Waals surface area contributed by atoms with Crippen LogP contribution in [0.15, 0.2) is 60.8 Å². The van der Waals surface area contributed by atoms with E-state index in [1.165, 1.54) is 6.20 Å². The van der Waals surface area contributed by atoms with Crippen LogP contribution in [0.5, 0.6) is 0 Å². The number of nitrogens with one attached hydrogen (secondary N) is 1. The molecule has 2 aromatic heterocycles. The predicted molar refractivity (Wildman–Crippen MR) is 110 cm³/mol. The highest BCUT2D eigenvalue weighted by Crippen LogP contribution is 2.27. The summed E-state index contributed by atoms with van der Waals surface area (Å²) in [5.41, 5.74) is 1.92. The van der Waals surface area contributed by atoms with E-state index in [4.69, 9.17) is 0 Å². The Bertz CT molecular complexity index is 1210. The van der Waals surface area contributed by atoms with E-state index in [0.717, 1.165) is 40.4 Å². The van der Waals surface area contributed by atoms with Gasteiger partial charge in [-0.25, -0.2) is 9.67 Å². The zero-order valence-corrected chi connectivity index (χ0v) is 16.7. The highest BCUT2D eigenvalue weighted by molar-refractivity contribution is 5.94. The quantitative estimate of drug-likeness (QED) is 0.471. The van der Waals surface area contributed by atoms with Gasteiger partial charge >= 0.3 is 6.18 Å². The number of imidazole rings is 1. The number of aromatic nitrogens is 4. The molecule has 0 aliphatic rings. The lowest BCUT2D eigenvalue weighted by atomic mass is 10.2. The first kappa shape index (κ1) is 20.6. The molecule has 0 fully saturated rings. The molecule has 31 heavy (non-hydrogen) atoms. The van der Waals surface area contributed by atoms with Gasteiger partial charge in [0.2, 0.25) is 0 Å². The van der Waals surface area contributed by atoms with Crippen molar-refractivity contribution in [1.82, 2.24) is 24.6 Å². The maximum Gasteiger partial charge on any atom is 0.435 e. The Morgan fingerprint density at radius 2 is 1.81 bits per heavy atom. The highest BCUT2D eigenvalue weighted by atomic mass is 19.4.